The number of alkyl halides is 1. The molecule has 0 aromatic rings. The first-order valence-electron chi connectivity index (χ1n) is 6.95. The van der Waals surface area contributed by atoms with Gasteiger partial charge in [0.1, 0.15) is 12.2 Å². The van der Waals surface area contributed by atoms with Gasteiger partial charge in [-0.1, -0.05) is 36.3 Å². The number of halogens is 1. The Morgan fingerprint density at radius 2 is 2.33 bits per heavy atom. The summed E-state index contributed by atoms with van der Waals surface area (Å²) >= 11 is 6.33. The fraction of sp³-hybridized carbons (Fsp3) is 0.471. The lowest BCUT2D eigenvalue weighted by molar-refractivity contribution is -0.147. The van der Waals surface area contributed by atoms with Crippen molar-refractivity contribution in [2.75, 3.05) is 0 Å². The summed E-state index contributed by atoms with van der Waals surface area (Å²) in [6, 6.07) is 0. The van der Waals surface area contributed by atoms with Crippen LogP contribution >= 0.6 is 11.6 Å². The Bertz CT molecular complexity index is 459. The first-order chi connectivity index (χ1) is 10.1. The van der Waals surface area contributed by atoms with Crippen LogP contribution in [0.15, 0.2) is 36.5 Å². The monoisotopic (exact) mass is 308 g/mol. The van der Waals surface area contributed by atoms with Crippen molar-refractivity contribution in [1.82, 2.24) is 0 Å². The largest absolute Gasteiger partial charge is 0.459 e. The molecule has 3 nitrogen and oxygen atoms in total. The van der Waals surface area contributed by atoms with Crippen LogP contribution in [0.3, 0.4) is 0 Å². The molecule has 4 atom stereocenters. The summed E-state index contributed by atoms with van der Waals surface area (Å²) in [6.07, 6.45) is 16.7. The van der Waals surface area contributed by atoms with Crippen LogP contribution in [0.4, 0.5) is 0 Å². The maximum absolute atomic E-state index is 11.2. The molecular weight excluding hydrogens is 288 g/mol. The third kappa shape index (κ3) is 6.20. The van der Waals surface area contributed by atoms with E-state index >= 15 is 0 Å². The molecule has 1 aliphatic rings. The van der Waals surface area contributed by atoms with Crippen molar-refractivity contribution in [1.29, 1.82) is 0 Å². The molecular formula is C17H21ClO3. The van der Waals surface area contributed by atoms with E-state index in [1.165, 1.54) is 6.92 Å². The number of terminal acetylenes is 1. The maximum atomic E-state index is 11.2. The molecule has 0 amide bonds. The van der Waals surface area contributed by atoms with Gasteiger partial charge in [-0.3, -0.25) is 4.79 Å². The zero-order valence-corrected chi connectivity index (χ0v) is 13.1. The van der Waals surface area contributed by atoms with Gasteiger partial charge in [0.15, 0.2) is 0 Å². The Morgan fingerprint density at radius 1 is 1.57 bits per heavy atom. The van der Waals surface area contributed by atoms with Crippen molar-refractivity contribution >= 4 is 17.6 Å². The summed E-state index contributed by atoms with van der Waals surface area (Å²) in [4.78, 5) is 11.2. The van der Waals surface area contributed by atoms with Gasteiger partial charge in [-0.25, -0.2) is 0 Å². The Kier molecular flexibility index (Phi) is 7.89. The van der Waals surface area contributed by atoms with Crippen LogP contribution in [0.25, 0.3) is 0 Å². The van der Waals surface area contributed by atoms with Gasteiger partial charge in [-0.05, 0) is 19.4 Å². The van der Waals surface area contributed by atoms with Gasteiger partial charge < -0.3 is 9.47 Å². The highest BCUT2D eigenvalue weighted by Gasteiger charge is 2.38. The van der Waals surface area contributed by atoms with Gasteiger partial charge in [0.05, 0.1) is 11.5 Å². The Labute approximate surface area is 131 Å². The molecule has 0 aromatic carbocycles. The van der Waals surface area contributed by atoms with Gasteiger partial charge in [0, 0.05) is 13.3 Å². The number of hydrogen-bond acceptors (Lipinski definition) is 3. The van der Waals surface area contributed by atoms with Crippen molar-refractivity contribution in [2.24, 2.45) is 0 Å². The molecule has 1 saturated heterocycles. The van der Waals surface area contributed by atoms with E-state index in [4.69, 9.17) is 27.5 Å². The lowest BCUT2D eigenvalue weighted by atomic mass is 10.1. The predicted molar refractivity (Wildman–Crippen MR) is 85.0 cm³/mol. The highest BCUT2D eigenvalue weighted by molar-refractivity contribution is 6.21. The summed E-state index contributed by atoms with van der Waals surface area (Å²) in [6.45, 7) is 3.33. The van der Waals surface area contributed by atoms with E-state index in [-0.39, 0.29) is 29.7 Å². The number of rotatable bonds is 6. The summed E-state index contributed by atoms with van der Waals surface area (Å²) in [5.41, 5.74) is 0. The van der Waals surface area contributed by atoms with Crippen LogP contribution in [0.1, 0.15) is 26.7 Å². The van der Waals surface area contributed by atoms with E-state index in [1.807, 2.05) is 37.3 Å². The molecule has 1 fully saturated rings. The van der Waals surface area contributed by atoms with Gasteiger partial charge in [-0.2, -0.15) is 0 Å². The van der Waals surface area contributed by atoms with Gasteiger partial charge in [0.2, 0.25) is 0 Å². The van der Waals surface area contributed by atoms with Crippen molar-refractivity contribution in [3.63, 3.8) is 0 Å². The first kappa shape index (κ1) is 17.6. The Balaban J connectivity index is 2.67. The van der Waals surface area contributed by atoms with E-state index in [0.717, 1.165) is 0 Å². The highest BCUT2D eigenvalue weighted by atomic mass is 35.5. The molecule has 0 spiro atoms. The van der Waals surface area contributed by atoms with Crippen LogP contribution in [-0.4, -0.2) is 29.7 Å². The van der Waals surface area contributed by atoms with E-state index in [1.54, 1.807) is 6.08 Å². The fourth-order valence-corrected chi connectivity index (χ4v) is 2.41. The number of ether oxygens (including phenoxy) is 2. The lowest BCUT2D eigenvalue weighted by Crippen LogP contribution is -2.24. The number of esters is 1. The first-order valence-corrected chi connectivity index (χ1v) is 7.39. The molecule has 0 aromatic heterocycles. The molecule has 1 aliphatic heterocycles. The van der Waals surface area contributed by atoms with Crippen LogP contribution in [0.5, 0.6) is 0 Å². The molecule has 0 radical (unpaired) electrons. The molecule has 1 heterocycles. The van der Waals surface area contributed by atoms with Crippen LogP contribution in [0, 0.1) is 12.3 Å². The second kappa shape index (κ2) is 9.44. The predicted octanol–water partition coefficient (Wildman–Crippen LogP) is 3.39. The van der Waals surface area contributed by atoms with Crippen molar-refractivity contribution in [3.05, 3.63) is 36.5 Å². The SMILES string of the molecule is C#C/C=C\C[C@H](Cl)[C@@H]1C[C@H](OC(C)=O)[C@@H](/C=C\C=C\C)O1. The number of allylic oxidation sites excluding steroid dienone is 5. The van der Waals surface area contributed by atoms with Crippen molar-refractivity contribution in [3.8, 4) is 12.3 Å². The van der Waals surface area contributed by atoms with Crippen LogP contribution < -0.4 is 0 Å². The quantitative estimate of drug-likeness (QED) is 0.326. The third-order valence-corrected chi connectivity index (χ3v) is 3.52. The summed E-state index contributed by atoms with van der Waals surface area (Å²) in [7, 11) is 0. The van der Waals surface area contributed by atoms with E-state index in [0.29, 0.717) is 12.8 Å². The summed E-state index contributed by atoms with van der Waals surface area (Å²) < 4.78 is 11.2. The summed E-state index contributed by atoms with van der Waals surface area (Å²) in [5, 5.41) is -0.201. The molecule has 1 rings (SSSR count). The Morgan fingerprint density at radius 3 is 2.95 bits per heavy atom. The molecule has 21 heavy (non-hydrogen) atoms. The number of hydrogen-bond donors (Lipinski definition) is 0. The van der Waals surface area contributed by atoms with E-state index in [2.05, 4.69) is 5.92 Å². The average Bonchev–Trinajstić information content (AvgIpc) is 2.82. The lowest BCUT2D eigenvalue weighted by Gasteiger charge is -2.15. The number of carbonyl (C=O) groups excluding carboxylic acids is 1. The standard InChI is InChI=1S/C17H21ClO3/c1-4-6-8-10-14(18)16-12-17(20-13(3)19)15(21-16)11-9-7-5-2/h1,5-9,11,14-17H,10,12H2,2-3H3/b7-5+,8-6-,11-9-/t14-,15+,16-,17-/m0/s1. The highest BCUT2D eigenvalue weighted by Crippen LogP contribution is 2.30. The normalized spacial score (nSPS) is 27.4. The van der Waals surface area contributed by atoms with Gasteiger partial charge in [-0.15, -0.1) is 18.0 Å². The number of carbonyl (C=O) groups is 1. The van der Waals surface area contributed by atoms with Gasteiger partial charge >= 0.3 is 5.97 Å². The third-order valence-electron chi connectivity index (χ3n) is 3.06. The molecule has 114 valence electrons. The molecule has 0 saturated carbocycles. The topological polar surface area (TPSA) is 35.5 Å². The average molecular weight is 309 g/mol. The Hall–Kier alpha value is -1.50. The fourth-order valence-electron chi connectivity index (χ4n) is 2.14. The summed E-state index contributed by atoms with van der Waals surface area (Å²) in [5.74, 6) is 2.11. The zero-order chi connectivity index (χ0) is 15.7. The van der Waals surface area contributed by atoms with Gasteiger partial charge in [0.25, 0.3) is 0 Å². The van der Waals surface area contributed by atoms with E-state index < -0.39 is 0 Å². The maximum Gasteiger partial charge on any atom is 0.303 e. The zero-order valence-electron chi connectivity index (χ0n) is 12.4. The molecule has 0 bridgehead atoms. The minimum Gasteiger partial charge on any atom is -0.459 e. The van der Waals surface area contributed by atoms with Crippen LogP contribution in [0.2, 0.25) is 0 Å². The second-order valence-electron chi connectivity index (χ2n) is 4.75. The van der Waals surface area contributed by atoms with E-state index in [9.17, 15) is 4.79 Å². The minimum absolute atomic E-state index is 0.168. The smallest absolute Gasteiger partial charge is 0.303 e. The van der Waals surface area contributed by atoms with Crippen LogP contribution in [-0.2, 0) is 14.3 Å². The minimum atomic E-state index is -0.313. The van der Waals surface area contributed by atoms with Crippen molar-refractivity contribution < 1.29 is 14.3 Å². The molecule has 0 aliphatic carbocycles. The van der Waals surface area contributed by atoms with Crippen molar-refractivity contribution in [2.45, 2.75) is 50.4 Å². The molecule has 0 unspecified atom stereocenters. The molecule has 0 N–H and O–H groups in total. The molecule has 4 heteroatoms. The second-order valence-corrected chi connectivity index (χ2v) is 5.31.